The van der Waals surface area contributed by atoms with Crippen LogP contribution < -0.4 is 15.0 Å². The molecule has 3 rings (SSSR count). The van der Waals surface area contributed by atoms with Crippen molar-refractivity contribution in [2.45, 2.75) is 13.1 Å². The number of imide groups is 2. The minimum atomic E-state index is -4.82. The molecule has 34 heavy (non-hydrogen) atoms. The van der Waals surface area contributed by atoms with E-state index in [4.69, 9.17) is 16.3 Å². The summed E-state index contributed by atoms with van der Waals surface area (Å²) in [5.41, 5.74) is -3.52. The third-order valence-corrected chi connectivity index (χ3v) is 4.82. The summed E-state index contributed by atoms with van der Waals surface area (Å²) in [5, 5.41) is 22.6. The number of barbiturate groups is 1. The third kappa shape index (κ3) is 4.64. The summed E-state index contributed by atoms with van der Waals surface area (Å²) in [7, 11) is 0. The Bertz CT molecular complexity index is 1260. The van der Waals surface area contributed by atoms with Crippen LogP contribution in [0, 0.1) is 10.1 Å². The van der Waals surface area contributed by atoms with Crippen molar-refractivity contribution in [1.29, 1.82) is 0 Å². The lowest BCUT2D eigenvalue weighted by atomic mass is 10.0. The van der Waals surface area contributed by atoms with Crippen molar-refractivity contribution in [2.75, 3.05) is 11.5 Å². The Morgan fingerprint density at radius 1 is 1.24 bits per heavy atom. The van der Waals surface area contributed by atoms with Gasteiger partial charge in [-0.2, -0.15) is 13.2 Å². The highest BCUT2D eigenvalue weighted by Gasteiger charge is 2.39. The molecule has 0 atom stereocenters. The first kappa shape index (κ1) is 24.5. The van der Waals surface area contributed by atoms with E-state index >= 15 is 0 Å². The molecule has 2 N–H and O–H groups in total. The van der Waals surface area contributed by atoms with E-state index in [-0.39, 0.29) is 27.8 Å². The molecule has 10 nitrogen and oxygen atoms in total. The number of phenolic OH excluding ortho intramolecular Hbond substituents is 1. The lowest BCUT2D eigenvalue weighted by molar-refractivity contribution is -0.386. The summed E-state index contributed by atoms with van der Waals surface area (Å²) >= 11 is 5.92. The summed E-state index contributed by atoms with van der Waals surface area (Å²) < 4.78 is 44.5. The Kier molecular flexibility index (Phi) is 6.50. The number of hydrogen-bond acceptors (Lipinski definition) is 7. The number of benzene rings is 2. The van der Waals surface area contributed by atoms with Crippen LogP contribution in [0.15, 0.2) is 35.9 Å². The van der Waals surface area contributed by atoms with Crippen LogP contribution in [-0.4, -0.2) is 34.5 Å². The quantitative estimate of drug-likeness (QED) is 0.274. The number of urea groups is 1. The van der Waals surface area contributed by atoms with Crippen molar-refractivity contribution in [3.63, 3.8) is 0 Å². The van der Waals surface area contributed by atoms with Crippen LogP contribution in [0.5, 0.6) is 11.5 Å². The SMILES string of the molecule is CCOc1cc(/C=C2/C(=O)NC(=O)N(c3cc(C(F)(F)F)ccc3Cl)C2=O)cc([N+](=O)[O-])c1O. The Labute approximate surface area is 193 Å². The molecule has 2 aromatic rings. The summed E-state index contributed by atoms with van der Waals surface area (Å²) in [6, 6.07) is 2.52. The number of rotatable bonds is 5. The second kappa shape index (κ2) is 9.02. The number of amides is 4. The van der Waals surface area contributed by atoms with Crippen molar-refractivity contribution in [3.8, 4) is 11.5 Å². The van der Waals surface area contributed by atoms with Gasteiger partial charge in [-0.3, -0.25) is 25.0 Å². The van der Waals surface area contributed by atoms with Gasteiger partial charge in [0.25, 0.3) is 11.8 Å². The van der Waals surface area contributed by atoms with Crippen LogP contribution in [0.25, 0.3) is 6.08 Å². The van der Waals surface area contributed by atoms with Gasteiger partial charge in [0.1, 0.15) is 5.57 Å². The average molecular weight is 500 g/mol. The van der Waals surface area contributed by atoms with Crippen LogP contribution in [-0.2, 0) is 15.8 Å². The molecule has 14 heteroatoms. The first-order valence-corrected chi connectivity index (χ1v) is 9.65. The zero-order valence-electron chi connectivity index (χ0n) is 17.0. The van der Waals surface area contributed by atoms with Crippen LogP contribution >= 0.6 is 11.6 Å². The van der Waals surface area contributed by atoms with E-state index in [2.05, 4.69) is 0 Å². The van der Waals surface area contributed by atoms with E-state index in [1.165, 1.54) is 6.92 Å². The zero-order chi connectivity index (χ0) is 25.4. The summed E-state index contributed by atoms with van der Waals surface area (Å²) in [5.74, 6) is -3.64. The zero-order valence-corrected chi connectivity index (χ0v) is 17.7. The van der Waals surface area contributed by atoms with Crippen LogP contribution in [0.4, 0.5) is 29.3 Å². The summed E-state index contributed by atoms with van der Waals surface area (Å²) in [6.07, 6.45) is -3.96. The maximum Gasteiger partial charge on any atom is 0.416 e. The molecule has 0 saturated carbocycles. The van der Waals surface area contributed by atoms with E-state index in [9.17, 15) is 42.8 Å². The third-order valence-electron chi connectivity index (χ3n) is 4.50. The molecule has 178 valence electrons. The summed E-state index contributed by atoms with van der Waals surface area (Å²) in [4.78, 5) is 48.2. The number of ether oxygens (including phenoxy) is 1. The monoisotopic (exact) mass is 499 g/mol. The fraction of sp³-hybridized carbons (Fsp3) is 0.150. The smallest absolute Gasteiger partial charge is 0.416 e. The fourth-order valence-corrected chi connectivity index (χ4v) is 3.21. The molecule has 0 aliphatic carbocycles. The number of carbonyl (C=O) groups is 3. The van der Waals surface area contributed by atoms with Crippen molar-refractivity contribution in [3.05, 3.63) is 62.2 Å². The fourth-order valence-electron chi connectivity index (χ4n) is 3.01. The standard InChI is InChI=1S/C20H13ClF3N3O7/c1-2-34-15-7-9(6-14(16(15)28)27(32)33)5-11-17(29)25-19(31)26(18(11)30)13-8-10(20(22,23)24)3-4-12(13)21/h3-8,28H,2H2,1H3,(H,25,29,31)/b11-5-. The molecular weight excluding hydrogens is 487 g/mol. The van der Waals surface area contributed by atoms with E-state index in [0.717, 1.165) is 24.3 Å². The minimum absolute atomic E-state index is 0.0144. The number of phenols is 1. The maximum atomic E-state index is 13.1. The van der Waals surface area contributed by atoms with Gasteiger partial charge in [-0.05, 0) is 42.8 Å². The lowest BCUT2D eigenvalue weighted by Gasteiger charge is -2.27. The minimum Gasteiger partial charge on any atom is -0.500 e. The molecule has 0 unspecified atom stereocenters. The van der Waals surface area contributed by atoms with Gasteiger partial charge >= 0.3 is 17.9 Å². The number of hydrogen-bond donors (Lipinski definition) is 2. The van der Waals surface area contributed by atoms with Crippen molar-refractivity contribution < 1.29 is 42.3 Å². The van der Waals surface area contributed by atoms with Gasteiger partial charge in [-0.15, -0.1) is 0 Å². The molecule has 0 radical (unpaired) electrons. The number of halogens is 4. The number of aromatic hydroxyl groups is 1. The van der Waals surface area contributed by atoms with E-state index in [0.29, 0.717) is 12.1 Å². The number of nitro groups is 1. The molecule has 0 bridgehead atoms. The average Bonchev–Trinajstić information content (AvgIpc) is 2.73. The summed E-state index contributed by atoms with van der Waals surface area (Å²) in [6.45, 7) is 1.55. The van der Waals surface area contributed by atoms with E-state index < -0.39 is 57.2 Å². The van der Waals surface area contributed by atoms with Gasteiger partial charge in [-0.25, -0.2) is 9.69 Å². The number of alkyl halides is 3. The number of nitrogens with one attached hydrogen (secondary N) is 1. The molecule has 1 aliphatic rings. The maximum absolute atomic E-state index is 13.1. The van der Waals surface area contributed by atoms with E-state index in [1.54, 1.807) is 0 Å². The Hall–Kier alpha value is -4.13. The molecular formula is C20H13ClF3N3O7. The van der Waals surface area contributed by atoms with Gasteiger partial charge < -0.3 is 9.84 Å². The van der Waals surface area contributed by atoms with Crippen molar-refractivity contribution in [1.82, 2.24) is 5.32 Å². The first-order chi connectivity index (χ1) is 15.8. The molecule has 1 fully saturated rings. The second-order valence-electron chi connectivity index (χ2n) is 6.70. The van der Waals surface area contributed by atoms with Crippen molar-refractivity contribution in [2.24, 2.45) is 0 Å². The molecule has 1 saturated heterocycles. The molecule has 1 heterocycles. The van der Waals surface area contributed by atoms with Gasteiger partial charge in [0, 0.05) is 6.07 Å². The first-order valence-electron chi connectivity index (χ1n) is 9.27. The predicted molar refractivity (Wildman–Crippen MR) is 111 cm³/mol. The highest BCUT2D eigenvalue weighted by molar-refractivity contribution is 6.42. The molecule has 0 spiro atoms. The molecule has 0 aromatic heterocycles. The second-order valence-corrected chi connectivity index (χ2v) is 7.11. The number of nitro benzene ring substituents is 1. The lowest BCUT2D eigenvalue weighted by Crippen LogP contribution is -2.54. The molecule has 2 aromatic carbocycles. The highest BCUT2D eigenvalue weighted by Crippen LogP contribution is 2.39. The normalized spacial score (nSPS) is 15.5. The Morgan fingerprint density at radius 3 is 2.50 bits per heavy atom. The van der Waals surface area contributed by atoms with Crippen LogP contribution in [0.2, 0.25) is 5.02 Å². The van der Waals surface area contributed by atoms with Crippen molar-refractivity contribution >= 4 is 46.9 Å². The highest BCUT2D eigenvalue weighted by atomic mass is 35.5. The predicted octanol–water partition coefficient (Wildman–Crippen LogP) is 4.04. The molecule has 4 amide bonds. The number of anilines is 1. The van der Waals surface area contributed by atoms with Crippen LogP contribution in [0.1, 0.15) is 18.1 Å². The Morgan fingerprint density at radius 2 is 1.91 bits per heavy atom. The van der Waals surface area contributed by atoms with E-state index in [1.807, 2.05) is 5.32 Å². The van der Waals surface area contributed by atoms with Gasteiger partial charge in [0.05, 0.1) is 27.8 Å². The number of nitrogens with zero attached hydrogens (tertiary/aromatic N) is 2. The number of carbonyl (C=O) groups excluding carboxylic acids is 3. The largest absolute Gasteiger partial charge is 0.500 e. The van der Waals surface area contributed by atoms with Gasteiger partial charge in [0.2, 0.25) is 5.75 Å². The van der Waals surface area contributed by atoms with Gasteiger partial charge in [-0.1, -0.05) is 11.6 Å². The Balaban J connectivity index is 2.13. The van der Waals surface area contributed by atoms with Gasteiger partial charge in [0.15, 0.2) is 5.75 Å². The molecule has 1 aliphatic heterocycles. The van der Waals surface area contributed by atoms with Crippen LogP contribution in [0.3, 0.4) is 0 Å². The topological polar surface area (TPSA) is 139 Å².